The molecular formula is C21H20N2O5S. The van der Waals surface area contributed by atoms with E-state index in [9.17, 15) is 19.6 Å². The molecular weight excluding hydrogens is 392 g/mol. The number of hydrogen-bond acceptors (Lipinski definition) is 7. The average molecular weight is 412 g/mol. The van der Waals surface area contributed by atoms with E-state index in [1.807, 2.05) is 0 Å². The number of fused-ring (bicyclic) bond motifs is 1. The van der Waals surface area contributed by atoms with Gasteiger partial charge in [0.05, 0.1) is 19.1 Å². The quantitative estimate of drug-likeness (QED) is 0.553. The highest BCUT2D eigenvalue weighted by atomic mass is 32.1. The lowest BCUT2D eigenvalue weighted by molar-refractivity contribution is -0.146. The van der Waals surface area contributed by atoms with Crippen LogP contribution in [0.15, 0.2) is 18.2 Å². The summed E-state index contributed by atoms with van der Waals surface area (Å²) in [4.78, 5) is 37.0. The summed E-state index contributed by atoms with van der Waals surface area (Å²) in [5, 5.41) is 12.5. The third-order valence-electron chi connectivity index (χ3n) is 4.67. The number of nitriles is 1. The lowest BCUT2D eigenvalue weighted by Gasteiger charge is -2.10. The topological polar surface area (TPSA) is 105 Å². The molecule has 0 unspecified atom stereocenters. The Balaban J connectivity index is 1.59. The number of amides is 1. The number of carbonyl (C=O) groups is 3. The minimum absolute atomic E-state index is 0.127. The van der Waals surface area contributed by atoms with Crippen LogP contribution >= 0.6 is 11.3 Å². The van der Waals surface area contributed by atoms with Gasteiger partial charge in [-0.3, -0.25) is 14.4 Å². The first kappa shape index (κ1) is 20.6. The monoisotopic (exact) mass is 412 g/mol. The fourth-order valence-electron chi connectivity index (χ4n) is 3.26. The fourth-order valence-corrected chi connectivity index (χ4v) is 4.52. The fraction of sp³-hybridized carbons (Fsp3) is 0.333. The van der Waals surface area contributed by atoms with Gasteiger partial charge in [-0.15, -0.1) is 11.3 Å². The number of carbonyl (C=O) groups excluding carboxylic acids is 3. The number of nitrogens with one attached hydrogen (secondary N) is 1. The highest BCUT2D eigenvalue weighted by Crippen LogP contribution is 2.38. The van der Waals surface area contributed by atoms with Gasteiger partial charge in [-0.2, -0.15) is 5.26 Å². The van der Waals surface area contributed by atoms with Gasteiger partial charge in [0.25, 0.3) is 5.91 Å². The van der Waals surface area contributed by atoms with E-state index in [4.69, 9.17) is 9.47 Å². The van der Waals surface area contributed by atoms with Crippen molar-refractivity contribution in [3.63, 3.8) is 0 Å². The van der Waals surface area contributed by atoms with Crippen LogP contribution < -0.4 is 10.1 Å². The van der Waals surface area contributed by atoms with Crippen LogP contribution in [0, 0.1) is 11.3 Å². The molecule has 0 saturated heterocycles. The van der Waals surface area contributed by atoms with Crippen LogP contribution in [0.1, 0.15) is 45.3 Å². The highest BCUT2D eigenvalue weighted by Gasteiger charge is 2.23. The molecule has 0 spiro atoms. The van der Waals surface area contributed by atoms with Gasteiger partial charge in [0.15, 0.2) is 12.4 Å². The summed E-state index contributed by atoms with van der Waals surface area (Å²) >= 11 is 1.40. The molecule has 29 heavy (non-hydrogen) atoms. The largest absolute Gasteiger partial charge is 0.496 e. The van der Waals surface area contributed by atoms with Crippen molar-refractivity contribution < 1.29 is 23.9 Å². The minimum atomic E-state index is -0.617. The van der Waals surface area contributed by atoms with Crippen molar-refractivity contribution in [2.24, 2.45) is 0 Å². The predicted molar refractivity (Wildman–Crippen MR) is 107 cm³/mol. The molecule has 7 nitrogen and oxygen atoms in total. The molecule has 0 radical (unpaired) electrons. The zero-order valence-electron chi connectivity index (χ0n) is 16.2. The molecule has 1 amide bonds. The first-order valence-corrected chi connectivity index (χ1v) is 9.92. The van der Waals surface area contributed by atoms with Crippen LogP contribution in [-0.2, 0) is 33.6 Å². The molecule has 1 N–H and O–H groups in total. The Labute approximate surface area is 172 Å². The number of Topliss-reactive ketones (excluding diaryl/α,β-unsaturated/α-hetero) is 1. The van der Waals surface area contributed by atoms with Crippen LogP contribution in [0.2, 0.25) is 0 Å². The number of anilines is 1. The van der Waals surface area contributed by atoms with E-state index in [2.05, 4.69) is 11.4 Å². The van der Waals surface area contributed by atoms with E-state index in [0.717, 1.165) is 29.7 Å². The summed E-state index contributed by atoms with van der Waals surface area (Å²) in [5.41, 5.74) is 2.49. The first-order valence-electron chi connectivity index (χ1n) is 9.11. The van der Waals surface area contributed by atoms with E-state index in [1.165, 1.54) is 25.4 Å². The summed E-state index contributed by atoms with van der Waals surface area (Å²) in [6.07, 6.45) is 2.66. The van der Waals surface area contributed by atoms with Crippen molar-refractivity contribution in [2.45, 2.75) is 32.6 Å². The van der Waals surface area contributed by atoms with Gasteiger partial charge in [-0.25, -0.2) is 0 Å². The number of methoxy groups -OCH3 is 1. The van der Waals surface area contributed by atoms with E-state index >= 15 is 0 Å². The molecule has 1 aromatic carbocycles. The van der Waals surface area contributed by atoms with Crippen molar-refractivity contribution in [1.29, 1.82) is 5.26 Å². The number of ketones is 1. The summed E-state index contributed by atoms with van der Waals surface area (Å²) < 4.78 is 10.3. The normalized spacial score (nSPS) is 12.0. The summed E-state index contributed by atoms with van der Waals surface area (Å²) in [6, 6.07) is 6.97. The standard InChI is InChI=1S/C21H20N2O5S/c1-12(24)13-6-7-17(27-2)14(8-13)9-20(26)28-11-19(25)23-21-16(10-22)15-4-3-5-18(15)29-21/h6-8H,3-5,9,11H2,1-2H3,(H,23,25). The van der Waals surface area contributed by atoms with Crippen LogP contribution in [0.4, 0.5) is 5.00 Å². The molecule has 150 valence electrons. The summed E-state index contributed by atoms with van der Waals surface area (Å²) in [6.45, 7) is 0.977. The molecule has 3 rings (SSSR count). The third-order valence-corrected chi connectivity index (χ3v) is 5.88. The SMILES string of the molecule is COc1ccc(C(C)=O)cc1CC(=O)OCC(=O)Nc1sc2c(c1C#N)CCC2. The molecule has 8 heteroatoms. The predicted octanol–water partition coefficient (Wildman–Crippen LogP) is 3.04. The Morgan fingerprint density at radius 1 is 1.28 bits per heavy atom. The second-order valence-corrected chi connectivity index (χ2v) is 7.75. The van der Waals surface area contributed by atoms with Crippen LogP contribution in [-0.4, -0.2) is 31.4 Å². The van der Waals surface area contributed by atoms with Crippen molar-refractivity contribution in [2.75, 3.05) is 19.0 Å². The number of hydrogen-bond donors (Lipinski definition) is 1. The summed E-state index contributed by atoms with van der Waals surface area (Å²) in [5.74, 6) is -0.784. The molecule has 0 bridgehead atoms. The molecule has 2 aromatic rings. The van der Waals surface area contributed by atoms with E-state index in [-0.39, 0.29) is 12.2 Å². The van der Waals surface area contributed by atoms with Crippen LogP contribution in [0.5, 0.6) is 5.75 Å². The van der Waals surface area contributed by atoms with Crippen molar-refractivity contribution >= 4 is 34.0 Å². The molecule has 0 aliphatic heterocycles. The number of nitrogens with zero attached hydrogens (tertiary/aromatic N) is 1. The number of benzene rings is 1. The second-order valence-electron chi connectivity index (χ2n) is 6.64. The Bertz CT molecular complexity index is 1020. The van der Waals surface area contributed by atoms with Gasteiger partial charge in [0.2, 0.25) is 0 Å². The minimum Gasteiger partial charge on any atom is -0.496 e. The summed E-state index contributed by atoms with van der Waals surface area (Å²) in [7, 11) is 1.47. The van der Waals surface area contributed by atoms with Crippen molar-refractivity contribution in [3.05, 3.63) is 45.3 Å². The lowest BCUT2D eigenvalue weighted by atomic mass is 10.0. The molecule has 1 heterocycles. The maximum Gasteiger partial charge on any atom is 0.310 e. The van der Waals surface area contributed by atoms with Gasteiger partial charge in [0, 0.05) is 16.0 Å². The Hall–Kier alpha value is -3.18. The molecule has 0 saturated carbocycles. The number of rotatable bonds is 7. The van der Waals surface area contributed by atoms with Crippen molar-refractivity contribution in [1.82, 2.24) is 0 Å². The number of esters is 1. The second kappa shape index (κ2) is 8.88. The number of ether oxygens (including phenoxy) is 2. The third kappa shape index (κ3) is 4.63. The zero-order valence-corrected chi connectivity index (χ0v) is 17.0. The molecule has 0 fully saturated rings. The van der Waals surface area contributed by atoms with Gasteiger partial charge in [0.1, 0.15) is 16.8 Å². The van der Waals surface area contributed by atoms with E-state index in [1.54, 1.807) is 18.2 Å². The maximum absolute atomic E-state index is 12.2. The molecule has 0 atom stereocenters. The molecule has 1 aliphatic rings. The van der Waals surface area contributed by atoms with Gasteiger partial charge < -0.3 is 14.8 Å². The van der Waals surface area contributed by atoms with Gasteiger partial charge in [-0.1, -0.05) is 0 Å². The van der Waals surface area contributed by atoms with Gasteiger partial charge in [-0.05, 0) is 49.9 Å². The van der Waals surface area contributed by atoms with E-state index < -0.39 is 18.5 Å². The lowest BCUT2D eigenvalue weighted by Crippen LogP contribution is -2.21. The smallest absolute Gasteiger partial charge is 0.310 e. The average Bonchev–Trinajstić information content (AvgIpc) is 3.26. The highest BCUT2D eigenvalue weighted by molar-refractivity contribution is 7.16. The molecule has 1 aromatic heterocycles. The van der Waals surface area contributed by atoms with E-state index in [0.29, 0.717) is 27.4 Å². The first-order chi connectivity index (χ1) is 13.9. The number of thiophene rings is 1. The Kier molecular flexibility index (Phi) is 6.29. The van der Waals surface area contributed by atoms with Crippen LogP contribution in [0.3, 0.4) is 0 Å². The number of aryl methyl sites for hydroxylation is 1. The Morgan fingerprint density at radius 3 is 2.76 bits per heavy atom. The molecule has 1 aliphatic carbocycles. The Morgan fingerprint density at radius 2 is 2.07 bits per heavy atom. The zero-order chi connectivity index (χ0) is 21.0. The maximum atomic E-state index is 12.2. The van der Waals surface area contributed by atoms with Gasteiger partial charge >= 0.3 is 5.97 Å². The van der Waals surface area contributed by atoms with Crippen molar-refractivity contribution in [3.8, 4) is 11.8 Å². The van der Waals surface area contributed by atoms with Crippen LogP contribution in [0.25, 0.3) is 0 Å².